The minimum atomic E-state index is 0.257. The Morgan fingerprint density at radius 2 is 2.24 bits per heavy atom. The Morgan fingerprint density at radius 3 is 2.82 bits per heavy atom. The summed E-state index contributed by atoms with van der Waals surface area (Å²) in [5, 5.41) is 0.497. The number of ether oxygens (including phenoxy) is 1. The first-order valence-corrected chi connectivity index (χ1v) is 7.08. The lowest BCUT2D eigenvalue weighted by Gasteiger charge is -2.13. The highest BCUT2D eigenvalue weighted by Gasteiger charge is 2.20. The molecule has 1 saturated heterocycles. The number of hydrogen-bond acceptors (Lipinski definition) is 3. The van der Waals surface area contributed by atoms with Crippen LogP contribution in [0.25, 0.3) is 0 Å². The van der Waals surface area contributed by atoms with Gasteiger partial charge in [-0.15, -0.1) is 0 Å². The van der Waals surface area contributed by atoms with Crippen LogP contribution in [-0.4, -0.2) is 22.7 Å². The first kappa shape index (κ1) is 13.2. The smallest absolute Gasteiger partial charge is 0.147 e. The van der Waals surface area contributed by atoms with E-state index in [2.05, 4.69) is 39.7 Å². The van der Waals surface area contributed by atoms with E-state index in [0.717, 1.165) is 41.9 Å². The lowest BCUT2D eigenvalue weighted by molar-refractivity contribution is 0.110. The zero-order valence-electron chi connectivity index (χ0n) is 10.0. The van der Waals surface area contributed by atoms with Gasteiger partial charge in [-0.1, -0.05) is 25.4 Å². The number of rotatable bonds is 3. The molecule has 1 atom stereocenters. The largest absolute Gasteiger partial charge is 0.378 e. The molecular formula is C12H16BrClN2O. The average Bonchev–Trinajstić information content (AvgIpc) is 2.75. The van der Waals surface area contributed by atoms with Crippen molar-refractivity contribution in [2.24, 2.45) is 0 Å². The Labute approximate surface area is 115 Å². The maximum Gasteiger partial charge on any atom is 0.147 e. The van der Waals surface area contributed by atoms with Crippen molar-refractivity contribution in [1.29, 1.82) is 0 Å². The van der Waals surface area contributed by atoms with E-state index in [1.165, 1.54) is 0 Å². The predicted octanol–water partition coefficient (Wildman–Crippen LogP) is 3.74. The predicted molar refractivity (Wildman–Crippen MR) is 71.5 cm³/mol. The summed E-state index contributed by atoms with van der Waals surface area (Å²) in [5.74, 6) is 1.11. The maximum absolute atomic E-state index is 6.11. The van der Waals surface area contributed by atoms with Crippen molar-refractivity contribution in [1.82, 2.24) is 9.97 Å². The van der Waals surface area contributed by atoms with Crippen LogP contribution in [0.5, 0.6) is 0 Å². The third-order valence-electron chi connectivity index (χ3n) is 2.86. The molecule has 3 nitrogen and oxygen atoms in total. The molecule has 2 heterocycles. The second-order valence-corrected chi connectivity index (χ2v) is 5.77. The van der Waals surface area contributed by atoms with Gasteiger partial charge < -0.3 is 4.74 Å². The lowest BCUT2D eigenvalue weighted by Crippen LogP contribution is -2.13. The molecule has 2 rings (SSSR count). The monoisotopic (exact) mass is 318 g/mol. The highest BCUT2D eigenvalue weighted by atomic mass is 79.9. The van der Waals surface area contributed by atoms with Gasteiger partial charge in [0.2, 0.25) is 0 Å². The van der Waals surface area contributed by atoms with E-state index in [9.17, 15) is 0 Å². The molecule has 94 valence electrons. The Balaban J connectivity index is 2.22. The van der Waals surface area contributed by atoms with Gasteiger partial charge in [0.25, 0.3) is 0 Å². The third-order valence-corrected chi connectivity index (χ3v) is 4.15. The SMILES string of the molecule is CC(C)c1nc(CC2CCCO2)nc(Cl)c1Br. The van der Waals surface area contributed by atoms with Crippen LogP contribution in [-0.2, 0) is 11.2 Å². The standard InChI is InChI=1S/C12H16BrClN2O/c1-7(2)11-10(13)12(14)16-9(15-11)6-8-4-3-5-17-8/h7-8H,3-6H2,1-2H3. The van der Waals surface area contributed by atoms with Gasteiger partial charge in [-0.3, -0.25) is 0 Å². The summed E-state index contributed by atoms with van der Waals surface area (Å²) < 4.78 is 6.40. The van der Waals surface area contributed by atoms with Crippen molar-refractivity contribution in [3.63, 3.8) is 0 Å². The molecule has 1 aromatic rings. The molecule has 0 aromatic carbocycles. The van der Waals surface area contributed by atoms with Gasteiger partial charge in [-0.05, 0) is 34.7 Å². The van der Waals surface area contributed by atoms with Crippen LogP contribution in [0.15, 0.2) is 4.47 Å². The average molecular weight is 320 g/mol. The van der Waals surface area contributed by atoms with E-state index in [1.54, 1.807) is 0 Å². The minimum absolute atomic E-state index is 0.257. The summed E-state index contributed by atoms with van der Waals surface area (Å²) in [6.07, 6.45) is 3.24. The van der Waals surface area contributed by atoms with Gasteiger partial charge in [0.15, 0.2) is 0 Å². The van der Waals surface area contributed by atoms with Crippen molar-refractivity contribution in [3.8, 4) is 0 Å². The minimum Gasteiger partial charge on any atom is -0.378 e. The van der Waals surface area contributed by atoms with Gasteiger partial charge in [0, 0.05) is 13.0 Å². The van der Waals surface area contributed by atoms with Crippen molar-refractivity contribution in [2.75, 3.05) is 6.61 Å². The highest BCUT2D eigenvalue weighted by Crippen LogP contribution is 2.29. The molecule has 0 amide bonds. The second kappa shape index (κ2) is 5.63. The molecule has 0 aliphatic carbocycles. The second-order valence-electron chi connectivity index (χ2n) is 4.62. The van der Waals surface area contributed by atoms with E-state index in [1.807, 2.05) is 0 Å². The molecular weight excluding hydrogens is 304 g/mol. The normalized spacial score (nSPS) is 20.2. The molecule has 1 aromatic heterocycles. The summed E-state index contributed by atoms with van der Waals surface area (Å²) in [5.41, 5.74) is 0.970. The summed E-state index contributed by atoms with van der Waals surface area (Å²) in [6, 6.07) is 0. The number of hydrogen-bond donors (Lipinski definition) is 0. The topological polar surface area (TPSA) is 35.0 Å². The summed E-state index contributed by atoms with van der Waals surface area (Å²) in [7, 11) is 0. The fourth-order valence-corrected chi connectivity index (χ4v) is 2.79. The summed E-state index contributed by atoms with van der Waals surface area (Å²) in [4.78, 5) is 8.88. The van der Waals surface area contributed by atoms with E-state index in [4.69, 9.17) is 16.3 Å². The maximum atomic E-state index is 6.11. The van der Waals surface area contributed by atoms with Crippen molar-refractivity contribution in [3.05, 3.63) is 21.1 Å². The van der Waals surface area contributed by atoms with Gasteiger partial charge in [0.1, 0.15) is 11.0 Å². The molecule has 1 aliphatic rings. The van der Waals surface area contributed by atoms with E-state index < -0.39 is 0 Å². The van der Waals surface area contributed by atoms with Crippen LogP contribution in [0.4, 0.5) is 0 Å². The summed E-state index contributed by atoms with van der Waals surface area (Å²) in [6.45, 7) is 5.05. The molecule has 0 N–H and O–H groups in total. The Morgan fingerprint density at radius 1 is 1.47 bits per heavy atom. The van der Waals surface area contributed by atoms with Crippen molar-refractivity contribution in [2.45, 2.75) is 45.1 Å². The molecule has 1 aliphatic heterocycles. The van der Waals surface area contributed by atoms with Crippen LogP contribution in [0.3, 0.4) is 0 Å². The number of aromatic nitrogens is 2. The van der Waals surface area contributed by atoms with Crippen molar-refractivity contribution < 1.29 is 4.74 Å². The molecule has 0 spiro atoms. The first-order valence-electron chi connectivity index (χ1n) is 5.91. The van der Waals surface area contributed by atoms with Crippen LogP contribution < -0.4 is 0 Å². The molecule has 17 heavy (non-hydrogen) atoms. The van der Waals surface area contributed by atoms with Crippen molar-refractivity contribution >= 4 is 27.5 Å². The van der Waals surface area contributed by atoms with Crippen LogP contribution in [0.2, 0.25) is 5.15 Å². The van der Waals surface area contributed by atoms with Gasteiger partial charge in [-0.2, -0.15) is 0 Å². The molecule has 5 heteroatoms. The molecule has 0 radical (unpaired) electrons. The van der Waals surface area contributed by atoms with Gasteiger partial charge >= 0.3 is 0 Å². The number of halogens is 2. The van der Waals surface area contributed by atoms with E-state index >= 15 is 0 Å². The quantitative estimate of drug-likeness (QED) is 0.796. The molecule has 1 unspecified atom stereocenters. The lowest BCUT2D eigenvalue weighted by atomic mass is 10.1. The fraction of sp³-hybridized carbons (Fsp3) is 0.667. The van der Waals surface area contributed by atoms with Gasteiger partial charge in [0.05, 0.1) is 16.3 Å². The molecule has 0 bridgehead atoms. The Kier molecular flexibility index (Phi) is 4.39. The Bertz CT molecular complexity index is 406. The highest BCUT2D eigenvalue weighted by molar-refractivity contribution is 9.10. The third kappa shape index (κ3) is 3.18. The zero-order chi connectivity index (χ0) is 12.4. The van der Waals surface area contributed by atoms with Crippen LogP contribution in [0.1, 0.15) is 44.1 Å². The van der Waals surface area contributed by atoms with Crippen LogP contribution in [0, 0.1) is 0 Å². The van der Waals surface area contributed by atoms with Gasteiger partial charge in [-0.25, -0.2) is 9.97 Å². The molecule has 1 fully saturated rings. The number of nitrogens with zero attached hydrogens (tertiary/aromatic N) is 2. The fourth-order valence-electron chi connectivity index (χ4n) is 1.96. The van der Waals surface area contributed by atoms with Crippen LogP contribution >= 0.6 is 27.5 Å². The Hall–Kier alpha value is -0.190. The summed E-state index contributed by atoms with van der Waals surface area (Å²) >= 11 is 9.55. The van der Waals surface area contributed by atoms with E-state index in [-0.39, 0.29) is 6.10 Å². The van der Waals surface area contributed by atoms with E-state index in [0.29, 0.717) is 11.1 Å². The zero-order valence-corrected chi connectivity index (χ0v) is 12.4. The first-order chi connectivity index (χ1) is 8.08. The molecule has 0 saturated carbocycles.